The molecule has 36 heavy (non-hydrogen) atoms. The van der Waals surface area contributed by atoms with E-state index in [0.29, 0.717) is 11.1 Å². The van der Waals surface area contributed by atoms with E-state index < -0.39 is 12.5 Å². The molecule has 1 aliphatic carbocycles. The van der Waals surface area contributed by atoms with Gasteiger partial charge in [0.25, 0.3) is 11.1 Å². The first kappa shape index (κ1) is 25.1. The second-order valence-electron chi connectivity index (χ2n) is 10.2. The van der Waals surface area contributed by atoms with Crippen LogP contribution in [0.25, 0.3) is 10.9 Å². The average Bonchev–Trinajstić information content (AvgIpc) is 3.44. The molecule has 1 saturated carbocycles. The number of ether oxygens (including phenoxy) is 1. The van der Waals surface area contributed by atoms with Crippen molar-refractivity contribution in [3.05, 3.63) is 41.0 Å². The third-order valence-electron chi connectivity index (χ3n) is 7.07. The van der Waals surface area contributed by atoms with Crippen molar-refractivity contribution in [1.29, 1.82) is 0 Å². The second kappa shape index (κ2) is 10.8. The number of fused-ring (bicyclic) bond motifs is 2. The molecular formula is C26H33F2N5O2S. The Hall–Kier alpha value is -2.59. The number of amides is 1. The van der Waals surface area contributed by atoms with E-state index in [-0.39, 0.29) is 18.5 Å². The van der Waals surface area contributed by atoms with Gasteiger partial charge < -0.3 is 10.1 Å². The highest BCUT2D eigenvalue weighted by Gasteiger charge is 2.27. The first-order chi connectivity index (χ1) is 17.3. The van der Waals surface area contributed by atoms with Gasteiger partial charge in [-0.1, -0.05) is 29.5 Å². The molecule has 2 aliphatic rings. The number of hydrogen-bond donors (Lipinski definition) is 1. The molecule has 3 aromatic rings. The summed E-state index contributed by atoms with van der Waals surface area (Å²) in [5.74, 6) is -2.17. The maximum absolute atomic E-state index is 13.1. The first-order valence-corrected chi connectivity index (χ1v) is 13.6. The summed E-state index contributed by atoms with van der Waals surface area (Å²) in [6, 6.07) is 8.11. The molecule has 7 nitrogen and oxygen atoms in total. The van der Waals surface area contributed by atoms with Crippen molar-refractivity contribution in [2.45, 2.75) is 70.5 Å². The van der Waals surface area contributed by atoms with Crippen molar-refractivity contribution < 1.29 is 18.3 Å². The Morgan fingerprint density at radius 1 is 1.25 bits per heavy atom. The van der Waals surface area contributed by atoms with Crippen LogP contribution in [0.1, 0.15) is 49.6 Å². The molecule has 0 unspecified atom stereocenters. The number of benzene rings is 1. The number of halogens is 2. The van der Waals surface area contributed by atoms with Gasteiger partial charge in [0.1, 0.15) is 6.54 Å². The number of rotatable bonds is 9. The van der Waals surface area contributed by atoms with Gasteiger partial charge in [-0.3, -0.25) is 14.4 Å². The molecule has 0 radical (unpaired) electrons. The van der Waals surface area contributed by atoms with E-state index in [1.54, 1.807) is 4.68 Å². The van der Waals surface area contributed by atoms with E-state index >= 15 is 0 Å². The highest BCUT2D eigenvalue weighted by Crippen LogP contribution is 2.32. The molecule has 0 atom stereocenters. The quantitative estimate of drug-likeness (QED) is 0.447. The topological polar surface area (TPSA) is 72.3 Å². The molecule has 0 spiro atoms. The van der Waals surface area contributed by atoms with Crippen LogP contribution in [0.2, 0.25) is 0 Å². The number of hydrogen-bond acceptors (Lipinski definition) is 6. The van der Waals surface area contributed by atoms with E-state index in [1.807, 2.05) is 30.5 Å². The van der Waals surface area contributed by atoms with Crippen LogP contribution in [0.3, 0.4) is 0 Å². The zero-order valence-corrected chi connectivity index (χ0v) is 21.4. The van der Waals surface area contributed by atoms with Crippen LogP contribution in [0, 0.1) is 5.92 Å². The number of alkyl halides is 2. The third kappa shape index (κ3) is 6.59. The molecule has 1 aliphatic heterocycles. The van der Waals surface area contributed by atoms with Crippen LogP contribution in [-0.4, -0.2) is 57.2 Å². The van der Waals surface area contributed by atoms with Gasteiger partial charge in [0.2, 0.25) is 5.91 Å². The summed E-state index contributed by atoms with van der Waals surface area (Å²) in [6.07, 6.45) is 8.20. The van der Waals surface area contributed by atoms with E-state index in [0.717, 1.165) is 86.6 Å². The Morgan fingerprint density at radius 3 is 2.83 bits per heavy atom. The van der Waals surface area contributed by atoms with Crippen LogP contribution in [0.15, 0.2) is 30.5 Å². The number of nitrogens with zero attached hydrogens (tertiary/aromatic N) is 4. The predicted molar refractivity (Wildman–Crippen MR) is 135 cm³/mol. The number of aromatic nitrogens is 3. The molecule has 10 heteroatoms. The van der Waals surface area contributed by atoms with Gasteiger partial charge in [0.05, 0.1) is 11.2 Å². The van der Waals surface area contributed by atoms with Crippen molar-refractivity contribution >= 4 is 28.1 Å². The minimum Gasteiger partial charge on any atom is -0.464 e. The normalized spacial score (nSPS) is 20.9. The Bertz CT molecular complexity index is 1150. The maximum atomic E-state index is 13.1. The van der Waals surface area contributed by atoms with Crippen LogP contribution < -0.4 is 10.1 Å². The fraction of sp³-hybridized carbons (Fsp3) is 0.577. The van der Waals surface area contributed by atoms with Crippen molar-refractivity contribution in [2.24, 2.45) is 5.92 Å². The van der Waals surface area contributed by atoms with E-state index in [1.165, 1.54) is 11.3 Å². The largest absolute Gasteiger partial charge is 0.464 e. The number of thiazole rings is 1. The van der Waals surface area contributed by atoms with Crippen molar-refractivity contribution in [3.8, 4) is 5.19 Å². The molecule has 1 N–H and O–H groups in total. The van der Waals surface area contributed by atoms with Crippen molar-refractivity contribution in [3.63, 3.8) is 0 Å². The molecule has 5 rings (SSSR count). The molecule has 1 fully saturated rings. The molecule has 0 bridgehead atoms. The summed E-state index contributed by atoms with van der Waals surface area (Å²) in [5.41, 5.74) is 1.87. The minimum absolute atomic E-state index is 0.0182. The van der Waals surface area contributed by atoms with Crippen LogP contribution >= 0.6 is 11.3 Å². The average molecular weight is 518 g/mol. The van der Waals surface area contributed by atoms with Crippen LogP contribution in [0.4, 0.5) is 8.78 Å². The molecule has 1 amide bonds. The lowest BCUT2D eigenvalue weighted by atomic mass is 9.84. The fourth-order valence-corrected chi connectivity index (χ4v) is 6.05. The zero-order chi connectivity index (χ0) is 25.1. The van der Waals surface area contributed by atoms with Crippen molar-refractivity contribution in [1.82, 2.24) is 25.0 Å². The molecule has 1 aromatic carbocycles. The van der Waals surface area contributed by atoms with Crippen LogP contribution in [0.5, 0.6) is 5.19 Å². The summed E-state index contributed by atoms with van der Waals surface area (Å²) in [5, 5.41) is 9.06. The van der Waals surface area contributed by atoms with Gasteiger partial charge in [-0.05, 0) is 57.1 Å². The molecule has 2 aromatic heterocycles. The lowest BCUT2D eigenvalue weighted by molar-refractivity contribution is -0.122. The summed E-state index contributed by atoms with van der Waals surface area (Å²) in [6.45, 7) is 3.20. The standard InChI is InChI=1S/C26H33F2N5O2S/c1-26(27,28)17-35-25-30-22-15-32(13-11-23(22)36-25)12-10-18-6-8-20(9-7-18)29-24(34)16-33-14-19-4-2-3-5-21(19)31-33/h2-5,14,18,20H,6-13,15-17H2,1H3,(H,29,34)/t18-,20-. The van der Waals surface area contributed by atoms with Gasteiger partial charge in [-0.15, -0.1) is 0 Å². The van der Waals surface area contributed by atoms with Gasteiger partial charge >= 0.3 is 0 Å². The first-order valence-electron chi connectivity index (χ1n) is 12.7. The highest BCUT2D eigenvalue weighted by atomic mass is 32.1. The van der Waals surface area contributed by atoms with E-state index in [4.69, 9.17) is 4.74 Å². The zero-order valence-electron chi connectivity index (χ0n) is 20.6. The SMILES string of the molecule is CC(F)(F)COc1nc2c(s1)CCN(CC[C@H]1CC[C@H](NC(=O)Cn3cc4ccccc4n3)CC1)C2. The highest BCUT2D eigenvalue weighted by molar-refractivity contribution is 7.13. The predicted octanol–water partition coefficient (Wildman–Crippen LogP) is 4.65. The van der Waals surface area contributed by atoms with E-state index in [9.17, 15) is 13.6 Å². The van der Waals surface area contributed by atoms with E-state index in [2.05, 4.69) is 20.3 Å². The molecular weight excluding hydrogens is 484 g/mol. The maximum Gasteiger partial charge on any atom is 0.278 e. The Kier molecular flexibility index (Phi) is 7.52. The Balaban J connectivity index is 1.01. The summed E-state index contributed by atoms with van der Waals surface area (Å²) < 4.78 is 33.0. The number of nitrogens with one attached hydrogen (secondary N) is 1. The number of carbonyl (C=O) groups excluding carboxylic acids is 1. The smallest absolute Gasteiger partial charge is 0.278 e. The number of carbonyl (C=O) groups is 1. The summed E-state index contributed by atoms with van der Waals surface area (Å²) in [7, 11) is 0. The van der Waals surface area contributed by atoms with Gasteiger partial charge in [0.15, 0.2) is 6.61 Å². The van der Waals surface area contributed by atoms with Gasteiger partial charge in [0, 0.05) is 42.5 Å². The second-order valence-corrected chi connectivity index (χ2v) is 11.2. The van der Waals surface area contributed by atoms with Gasteiger partial charge in [-0.25, -0.2) is 13.8 Å². The monoisotopic (exact) mass is 517 g/mol. The molecule has 0 saturated heterocycles. The third-order valence-corrected chi connectivity index (χ3v) is 8.14. The summed E-state index contributed by atoms with van der Waals surface area (Å²) in [4.78, 5) is 20.5. The van der Waals surface area contributed by atoms with Gasteiger partial charge in [-0.2, -0.15) is 5.10 Å². The fourth-order valence-electron chi connectivity index (χ4n) is 5.15. The van der Waals surface area contributed by atoms with Crippen molar-refractivity contribution in [2.75, 3.05) is 19.7 Å². The molecule has 194 valence electrons. The lowest BCUT2D eigenvalue weighted by Gasteiger charge is -2.32. The Morgan fingerprint density at radius 2 is 2.06 bits per heavy atom. The molecule has 3 heterocycles. The minimum atomic E-state index is -2.85. The summed E-state index contributed by atoms with van der Waals surface area (Å²) >= 11 is 1.40. The lowest BCUT2D eigenvalue weighted by Crippen LogP contribution is -2.40. The Labute approximate surface area is 213 Å². The van der Waals surface area contributed by atoms with Crippen LogP contribution in [-0.2, 0) is 24.3 Å².